The quantitative estimate of drug-likeness (QED) is 0.342. The first-order valence-corrected chi connectivity index (χ1v) is 12.1. The van der Waals surface area contributed by atoms with Crippen molar-refractivity contribution in [2.24, 2.45) is 0 Å². The fourth-order valence-electron chi connectivity index (χ4n) is 3.74. The molecular weight excluding hydrogens is 476 g/mol. The lowest BCUT2D eigenvalue weighted by Crippen LogP contribution is -2.29. The molecule has 1 amide bonds. The summed E-state index contributed by atoms with van der Waals surface area (Å²) in [6, 6.07) is 19.6. The van der Waals surface area contributed by atoms with Crippen LogP contribution in [0.4, 0.5) is 5.69 Å². The van der Waals surface area contributed by atoms with Crippen LogP contribution < -0.4 is 15.0 Å². The molecule has 7 nitrogen and oxygen atoms in total. The summed E-state index contributed by atoms with van der Waals surface area (Å²) in [6.07, 6.45) is 3.22. The monoisotopic (exact) mass is 504 g/mol. The molecule has 0 bridgehead atoms. The molecule has 3 aromatic rings. The highest BCUT2D eigenvalue weighted by Crippen LogP contribution is 2.26. The molecule has 1 N–H and O–H groups in total. The molecule has 0 saturated heterocycles. The van der Waals surface area contributed by atoms with Gasteiger partial charge in [0.15, 0.2) is 0 Å². The Morgan fingerprint density at radius 1 is 1.25 bits per heavy atom. The number of hydrogen-bond acceptors (Lipinski definition) is 6. The van der Waals surface area contributed by atoms with E-state index in [0.717, 1.165) is 37.1 Å². The molecule has 1 atom stereocenters. The second kappa shape index (κ2) is 13.3. The van der Waals surface area contributed by atoms with E-state index in [9.17, 15) is 9.59 Å². The maximum Gasteiger partial charge on any atom is 0.251 e. The molecule has 2 heterocycles. The van der Waals surface area contributed by atoms with Crippen LogP contribution in [-0.2, 0) is 6.42 Å². The molecule has 1 unspecified atom stereocenters. The number of nitrogens with zero attached hydrogens (tertiary/aromatic N) is 3. The van der Waals surface area contributed by atoms with Crippen LogP contribution in [0.2, 0.25) is 5.02 Å². The van der Waals surface area contributed by atoms with Crippen LogP contribution in [0, 0.1) is 11.3 Å². The van der Waals surface area contributed by atoms with E-state index in [0.29, 0.717) is 34.9 Å². The van der Waals surface area contributed by atoms with Crippen molar-refractivity contribution >= 4 is 29.5 Å². The van der Waals surface area contributed by atoms with Gasteiger partial charge in [-0.3, -0.25) is 14.6 Å². The maximum atomic E-state index is 12.3. The van der Waals surface area contributed by atoms with E-state index >= 15 is 0 Å². The molecule has 4 rings (SSSR count). The fourth-order valence-corrected chi connectivity index (χ4v) is 3.86. The Hall–Kier alpha value is -3.89. The molecule has 0 fully saturated rings. The molecule has 1 aliphatic heterocycles. The van der Waals surface area contributed by atoms with Crippen molar-refractivity contribution in [3.8, 4) is 11.8 Å². The highest BCUT2D eigenvalue weighted by Gasteiger charge is 2.18. The lowest BCUT2D eigenvalue weighted by molar-refractivity contribution is 0.0938. The lowest BCUT2D eigenvalue weighted by atomic mass is 10.1. The van der Waals surface area contributed by atoms with Crippen molar-refractivity contribution in [1.29, 1.82) is 5.26 Å². The summed E-state index contributed by atoms with van der Waals surface area (Å²) in [6.45, 7) is 3.38. The van der Waals surface area contributed by atoms with Crippen molar-refractivity contribution in [3.63, 3.8) is 0 Å². The molecule has 1 aromatic heterocycles. The summed E-state index contributed by atoms with van der Waals surface area (Å²) in [4.78, 5) is 29.6. The maximum absolute atomic E-state index is 12.3. The lowest BCUT2D eigenvalue weighted by Gasteiger charge is -2.27. The van der Waals surface area contributed by atoms with E-state index in [1.165, 1.54) is 5.69 Å². The molecule has 186 valence electrons. The van der Waals surface area contributed by atoms with Gasteiger partial charge in [0.25, 0.3) is 5.91 Å². The van der Waals surface area contributed by atoms with Gasteiger partial charge in [0.2, 0.25) is 0 Å². The number of aromatic nitrogens is 1. The molecule has 0 aliphatic carbocycles. The number of aldehydes is 1. The first-order chi connectivity index (χ1) is 17.4. The number of nitriles is 1. The van der Waals surface area contributed by atoms with Crippen molar-refractivity contribution in [2.45, 2.75) is 32.2 Å². The number of carbonyl (C=O) groups excluding carboxylic acids is 2. The molecule has 36 heavy (non-hydrogen) atoms. The summed E-state index contributed by atoms with van der Waals surface area (Å²) in [5.41, 5.74) is 4.37. The Balaban J connectivity index is 0.000000236. The number of benzene rings is 2. The number of ether oxygens (including phenoxy) is 1. The van der Waals surface area contributed by atoms with Crippen molar-refractivity contribution < 1.29 is 14.3 Å². The molecule has 8 heteroatoms. The van der Waals surface area contributed by atoms with Crippen molar-refractivity contribution in [3.05, 3.63) is 88.2 Å². The Bertz CT molecular complexity index is 1220. The van der Waals surface area contributed by atoms with Crippen molar-refractivity contribution in [1.82, 2.24) is 10.3 Å². The van der Waals surface area contributed by atoms with Gasteiger partial charge in [0.05, 0.1) is 35.6 Å². The first kappa shape index (κ1) is 26.7. The van der Waals surface area contributed by atoms with Crippen molar-refractivity contribution in [2.75, 3.05) is 25.1 Å². The third-order valence-electron chi connectivity index (χ3n) is 5.66. The highest BCUT2D eigenvalue weighted by atomic mass is 35.5. The van der Waals surface area contributed by atoms with Gasteiger partial charge in [-0.1, -0.05) is 23.7 Å². The van der Waals surface area contributed by atoms with Gasteiger partial charge in [0.1, 0.15) is 18.6 Å². The van der Waals surface area contributed by atoms with Crippen LogP contribution in [0.15, 0.2) is 60.7 Å². The molecule has 0 spiro atoms. The van der Waals surface area contributed by atoms with E-state index in [1.54, 1.807) is 48.5 Å². The normalized spacial score (nSPS) is 12.8. The largest absolute Gasteiger partial charge is 0.493 e. The third kappa shape index (κ3) is 7.56. The number of aryl methyl sites for hydroxylation is 1. The summed E-state index contributed by atoms with van der Waals surface area (Å²) in [5, 5.41) is 11.9. The zero-order valence-electron chi connectivity index (χ0n) is 20.4. The number of nitrogens with one attached hydrogen (secondary N) is 1. The van der Waals surface area contributed by atoms with E-state index in [-0.39, 0.29) is 11.9 Å². The summed E-state index contributed by atoms with van der Waals surface area (Å²) in [5.74, 6) is 0.505. The van der Waals surface area contributed by atoms with Crippen LogP contribution in [0.1, 0.15) is 57.9 Å². The van der Waals surface area contributed by atoms with Crippen LogP contribution in [0.5, 0.6) is 5.75 Å². The van der Waals surface area contributed by atoms with Gasteiger partial charge in [-0.15, -0.1) is 0 Å². The number of hydrogen-bond donors (Lipinski definition) is 1. The molecule has 2 aromatic carbocycles. The number of halogens is 1. The minimum Gasteiger partial charge on any atom is -0.493 e. The molecule has 1 aliphatic rings. The number of rotatable bonds is 7. The fraction of sp³-hybridized carbons (Fsp3) is 0.286. The number of pyridine rings is 1. The van der Waals surface area contributed by atoms with E-state index in [4.69, 9.17) is 26.6 Å². The first-order valence-electron chi connectivity index (χ1n) is 11.7. The summed E-state index contributed by atoms with van der Waals surface area (Å²) >= 11 is 5.85. The summed E-state index contributed by atoms with van der Waals surface area (Å²) < 4.78 is 5.21. The minimum atomic E-state index is -0.143. The van der Waals surface area contributed by atoms with Gasteiger partial charge in [0, 0.05) is 29.7 Å². The predicted molar refractivity (Wildman–Crippen MR) is 141 cm³/mol. The van der Waals surface area contributed by atoms with Gasteiger partial charge in [-0.25, -0.2) is 0 Å². The highest BCUT2D eigenvalue weighted by molar-refractivity contribution is 6.30. The van der Waals surface area contributed by atoms with Gasteiger partial charge >= 0.3 is 0 Å². The average Bonchev–Trinajstić information content (AvgIpc) is 2.89. The number of anilines is 1. The molecular formula is C28H29ClN4O3. The Kier molecular flexibility index (Phi) is 9.84. The molecule has 0 saturated carbocycles. The van der Waals surface area contributed by atoms with E-state index in [2.05, 4.69) is 23.3 Å². The van der Waals surface area contributed by atoms with Crippen LogP contribution >= 0.6 is 11.6 Å². The second-order valence-corrected chi connectivity index (χ2v) is 8.81. The van der Waals surface area contributed by atoms with Gasteiger partial charge in [-0.05, 0) is 68.3 Å². The zero-order valence-corrected chi connectivity index (χ0v) is 21.2. The number of fused-ring (bicyclic) bond motifs is 1. The predicted octanol–water partition coefficient (Wildman–Crippen LogP) is 5.40. The van der Waals surface area contributed by atoms with E-state index < -0.39 is 0 Å². The number of amides is 1. The minimum absolute atomic E-state index is 0.120. The Morgan fingerprint density at radius 3 is 2.75 bits per heavy atom. The topological polar surface area (TPSA) is 95.3 Å². The van der Waals surface area contributed by atoms with Crippen LogP contribution in [0.3, 0.4) is 0 Å². The Morgan fingerprint density at radius 2 is 2.03 bits per heavy atom. The second-order valence-electron chi connectivity index (χ2n) is 8.38. The Labute approximate surface area is 216 Å². The van der Waals surface area contributed by atoms with Gasteiger partial charge in [-0.2, -0.15) is 5.26 Å². The third-order valence-corrected chi connectivity index (χ3v) is 5.92. The number of carbonyl (C=O) groups is 2. The smallest absolute Gasteiger partial charge is 0.251 e. The van der Waals surface area contributed by atoms with Crippen LogP contribution in [0.25, 0.3) is 0 Å². The SMILES string of the molecule is CC(NC(=O)c1ccc(Cl)cc1)c1ccc2c(n1)CCCN2C.N#CCCOc1cccc(C=O)c1. The summed E-state index contributed by atoms with van der Waals surface area (Å²) in [7, 11) is 2.09. The zero-order chi connectivity index (χ0) is 25.9. The van der Waals surface area contributed by atoms with Gasteiger partial charge < -0.3 is 15.0 Å². The molecule has 0 radical (unpaired) electrons. The van der Waals surface area contributed by atoms with E-state index in [1.807, 2.05) is 19.1 Å². The van der Waals surface area contributed by atoms with Crippen LogP contribution in [-0.4, -0.2) is 37.4 Å². The average molecular weight is 505 g/mol. The standard InChI is InChI=1S/C18H20ClN3O.C10H9NO2/c1-12(20-18(23)13-5-7-14(19)8-6-13)15-9-10-17-16(21-15)4-3-11-22(17)2;11-5-2-6-13-10-4-1-3-9(7-10)8-12/h5-10,12H,3-4,11H2,1-2H3,(H,20,23);1,3-4,7-8H,2,6H2.